The fourth-order valence-corrected chi connectivity index (χ4v) is 2.39. The zero-order chi connectivity index (χ0) is 27.8. The lowest BCUT2D eigenvalue weighted by Gasteiger charge is -2.16. The monoisotopic (exact) mass is 584 g/mol. The van der Waals surface area contributed by atoms with Crippen molar-refractivity contribution in [2.45, 2.75) is 41.5 Å². The molecule has 8 heteroatoms. The Morgan fingerprint density at radius 3 is 1.69 bits per heavy atom. The van der Waals surface area contributed by atoms with Crippen LogP contribution in [0.4, 0.5) is 0 Å². The maximum absolute atomic E-state index is 11.9. The molecule has 0 radical (unpaired) electrons. The molecule has 0 aliphatic heterocycles. The van der Waals surface area contributed by atoms with Crippen LogP contribution in [0.25, 0.3) is 0 Å². The van der Waals surface area contributed by atoms with Gasteiger partial charge in [0.1, 0.15) is 31.3 Å². The van der Waals surface area contributed by atoms with E-state index >= 15 is 0 Å². The molecule has 0 fully saturated rings. The van der Waals surface area contributed by atoms with Crippen molar-refractivity contribution in [3.8, 4) is 11.5 Å². The Morgan fingerprint density at radius 1 is 0.861 bits per heavy atom. The molecule has 0 aliphatic rings. The van der Waals surface area contributed by atoms with E-state index in [-0.39, 0.29) is 35.1 Å². The van der Waals surface area contributed by atoms with E-state index in [1.54, 1.807) is 45.0 Å². The number of halogens is 2. The van der Waals surface area contributed by atoms with Gasteiger partial charge in [-0.05, 0) is 60.1 Å². The van der Waals surface area contributed by atoms with Gasteiger partial charge in [0.25, 0.3) is 0 Å². The fraction of sp³-hybridized carbons (Fsp3) is 0.429. The molecule has 0 heterocycles. The van der Waals surface area contributed by atoms with Gasteiger partial charge >= 0.3 is 0 Å². The van der Waals surface area contributed by atoms with Crippen molar-refractivity contribution in [2.24, 2.45) is 10.8 Å². The summed E-state index contributed by atoms with van der Waals surface area (Å²) in [6.45, 7) is 15.8. The number of hydrogen-bond acceptors (Lipinski definition) is 6. The molecule has 0 atom stereocenters. The highest BCUT2D eigenvalue weighted by Gasteiger charge is 2.22. The number of hydrogen-bond donors (Lipinski definition) is 1. The number of rotatable bonds is 9. The molecule has 36 heavy (non-hydrogen) atoms. The van der Waals surface area contributed by atoms with Crippen LogP contribution in [-0.2, 0) is 9.53 Å². The largest absolute Gasteiger partial charge is 0.498 e. The molecule has 0 aromatic heterocycles. The van der Waals surface area contributed by atoms with Gasteiger partial charge in [-0.2, -0.15) is 0 Å². The Bertz CT molecular complexity index is 913. The van der Waals surface area contributed by atoms with E-state index in [4.69, 9.17) is 30.9 Å². The van der Waals surface area contributed by atoms with Crippen molar-refractivity contribution in [3.63, 3.8) is 0 Å². The summed E-state index contributed by atoms with van der Waals surface area (Å²) in [6, 6.07) is 14.7. The first kappa shape index (κ1) is 33.7. The van der Waals surface area contributed by atoms with E-state index in [9.17, 15) is 9.59 Å². The third-order valence-corrected chi connectivity index (χ3v) is 5.24. The van der Waals surface area contributed by atoms with Gasteiger partial charge < -0.3 is 19.3 Å². The molecular formula is C28H38BrClO6. The van der Waals surface area contributed by atoms with E-state index in [2.05, 4.69) is 22.5 Å². The highest BCUT2D eigenvalue weighted by Crippen LogP contribution is 2.22. The van der Waals surface area contributed by atoms with Crippen LogP contribution in [0, 0.1) is 10.8 Å². The number of carbonyl (C=O) groups is 2. The first-order chi connectivity index (χ1) is 16.7. The fourth-order valence-electron chi connectivity index (χ4n) is 2.12. The predicted octanol–water partition coefficient (Wildman–Crippen LogP) is 7.07. The van der Waals surface area contributed by atoms with Crippen molar-refractivity contribution in [1.82, 2.24) is 0 Å². The number of Topliss-reactive ketones (excluding diaryl/α,β-unsaturated/α-hetero) is 1. The van der Waals surface area contributed by atoms with Gasteiger partial charge in [-0.25, -0.2) is 0 Å². The first-order valence-corrected chi connectivity index (χ1v) is 12.6. The summed E-state index contributed by atoms with van der Waals surface area (Å²) >= 11 is 8.46. The summed E-state index contributed by atoms with van der Waals surface area (Å²) in [5.41, 5.74) is -0.0569. The lowest BCUT2D eigenvalue weighted by molar-refractivity contribution is -0.118. The predicted molar refractivity (Wildman–Crippen MR) is 149 cm³/mol. The van der Waals surface area contributed by atoms with E-state index < -0.39 is 0 Å². The molecule has 2 aromatic rings. The molecule has 0 bridgehead atoms. The molecule has 200 valence electrons. The number of benzene rings is 2. The third kappa shape index (κ3) is 15.6. The van der Waals surface area contributed by atoms with Crippen LogP contribution in [0.1, 0.15) is 51.9 Å². The molecule has 0 saturated heterocycles. The highest BCUT2D eigenvalue weighted by atomic mass is 79.9. The minimum Gasteiger partial charge on any atom is -0.498 e. The second-order valence-electron chi connectivity index (χ2n) is 9.54. The smallest absolute Gasteiger partial charge is 0.226 e. The maximum Gasteiger partial charge on any atom is 0.226 e. The van der Waals surface area contributed by atoms with Gasteiger partial charge in [0.05, 0.1) is 12.9 Å². The van der Waals surface area contributed by atoms with Gasteiger partial charge in [-0.1, -0.05) is 64.1 Å². The first-order valence-electron chi connectivity index (χ1n) is 11.4. The SMILES string of the molecule is C=COCCOc1ccc(Br)cc1.CC(C)(C)C(=O)Cl.CC(C)(C)C(=O)c1ccc(OCCO)cc1. The Balaban J connectivity index is 0.000000550. The van der Waals surface area contributed by atoms with Crippen LogP contribution in [0.5, 0.6) is 11.5 Å². The number of aliphatic hydroxyl groups is 1. The lowest BCUT2D eigenvalue weighted by atomic mass is 9.86. The van der Waals surface area contributed by atoms with Crippen molar-refractivity contribution >= 4 is 38.6 Å². The Hall–Kier alpha value is -2.35. The Kier molecular flexibility index (Phi) is 16.0. The Morgan fingerprint density at radius 2 is 1.31 bits per heavy atom. The van der Waals surface area contributed by atoms with Gasteiger partial charge in [0.2, 0.25) is 5.24 Å². The van der Waals surface area contributed by atoms with E-state index in [1.165, 1.54) is 6.26 Å². The number of aliphatic hydroxyl groups excluding tert-OH is 1. The molecule has 6 nitrogen and oxygen atoms in total. The quantitative estimate of drug-likeness (QED) is 0.147. The molecule has 0 unspecified atom stereocenters. The van der Waals surface area contributed by atoms with E-state index in [0.717, 1.165) is 10.2 Å². The maximum atomic E-state index is 11.9. The molecule has 0 aliphatic carbocycles. The van der Waals surface area contributed by atoms with Crippen LogP contribution < -0.4 is 9.47 Å². The highest BCUT2D eigenvalue weighted by molar-refractivity contribution is 9.10. The lowest BCUT2D eigenvalue weighted by Crippen LogP contribution is -2.20. The minimum atomic E-state index is -0.373. The standard InChI is InChI=1S/C13H18O3.C10H11BrO2.C5H9ClO/c1-13(2,3)12(15)10-4-6-11(7-5-10)16-9-8-14;1-2-12-7-8-13-10-5-3-9(11)4-6-10;1-5(2,3)4(6)7/h4-7,14H,8-9H2,1-3H3;2-6H,1,7-8H2;1-3H3. The molecule has 2 aromatic carbocycles. The number of ether oxygens (including phenoxy) is 3. The van der Waals surface area contributed by atoms with E-state index in [0.29, 0.717) is 24.5 Å². The second kappa shape index (κ2) is 17.2. The van der Waals surface area contributed by atoms with Gasteiger partial charge in [0, 0.05) is 20.9 Å². The molecular weight excluding hydrogens is 548 g/mol. The van der Waals surface area contributed by atoms with Crippen molar-refractivity contribution in [3.05, 3.63) is 71.4 Å². The molecule has 2 rings (SSSR count). The van der Waals surface area contributed by atoms with Crippen molar-refractivity contribution < 1.29 is 28.9 Å². The summed E-state index contributed by atoms with van der Waals surface area (Å²) in [7, 11) is 0. The zero-order valence-corrected chi connectivity index (χ0v) is 24.3. The summed E-state index contributed by atoms with van der Waals surface area (Å²) < 4.78 is 16.5. The van der Waals surface area contributed by atoms with Crippen LogP contribution in [0.2, 0.25) is 0 Å². The average molecular weight is 586 g/mol. The summed E-state index contributed by atoms with van der Waals surface area (Å²) in [4.78, 5) is 22.1. The zero-order valence-electron chi connectivity index (χ0n) is 22.0. The molecule has 0 amide bonds. The van der Waals surface area contributed by atoms with Gasteiger partial charge in [0.15, 0.2) is 5.78 Å². The van der Waals surface area contributed by atoms with Gasteiger partial charge in [-0.3, -0.25) is 9.59 Å². The normalized spacial score (nSPS) is 10.6. The third-order valence-electron chi connectivity index (χ3n) is 4.15. The van der Waals surface area contributed by atoms with Crippen LogP contribution in [-0.4, -0.2) is 42.6 Å². The van der Waals surface area contributed by atoms with Crippen molar-refractivity contribution in [2.75, 3.05) is 26.4 Å². The molecule has 0 spiro atoms. The van der Waals surface area contributed by atoms with Crippen LogP contribution >= 0.6 is 27.5 Å². The average Bonchev–Trinajstić information content (AvgIpc) is 2.81. The van der Waals surface area contributed by atoms with Crippen molar-refractivity contribution in [1.29, 1.82) is 0 Å². The topological polar surface area (TPSA) is 82.1 Å². The summed E-state index contributed by atoms with van der Waals surface area (Å²) in [6.07, 6.45) is 1.41. The van der Waals surface area contributed by atoms with E-state index in [1.807, 2.05) is 45.0 Å². The summed E-state index contributed by atoms with van der Waals surface area (Å²) in [5, 5.41) is 8.31. The van der Waals surface area contributed by atoms with Gasteiger partial charge in [-0.15, -0.1) is 0 Å². The molecule has 1 N–H and O–H groups in total. The Labute approximate surface area is 228 Å². The van der Waals surface area contributed by atoms with Crippen LogP contribution in [0.15, 0.2) is 65.8 Å². The molecule has 0 saturated carbocycles. The number of ketones is 1. The van der Waals surface area contributed by atoms with Crippen LogP contribution in [0.3, 0.4) is 0 Å². The number of carbonyl (C=O) groups excluding carboxylic acids is 2. The minimum absolute atomic E-state index is 0.0112. The second-order valence-corrected chi connectivity index (χ2v) is 10.8. The summed E-state index contributed by atoms with van der Waals surface area (Å²) in [5.74, 6) is 1.62.